The first kappa shape index (κ1) is 27.6. The van der Waals surface area contributed by atoms with Gasteiger partial charge in [0.2, 0.25) is 5.91 Å². The van der Waals surface area contributed by atoms with E-state index in [9.17, 15) is 4.79 Å². The fourth-order valence-electron chi connectivity index (χ4n) is 5.08. The number of nitrogens with zero attached hydrogens (tertiary/aromatic N) is 3. The van der Waals surface area contributed by atoms with Gasteiger partial charge >= 0.3 is 0 Å². The fourth-order valence-corrected chi connectivity index (χ4v) is 5.08. The number of nitrogens with one attached hydrogen (secondary N) is 2. The lowest BCUT2D eigenvalue weighted by Crippen LogP contribution is -2.52. The summed E-state index contributed by atoms with van der Waals surface area (Å²) in [4.78, 5) is 21.7. The molecule has 2 aliphatic carbocycles. The summed E-state index contributed by atoms with van der Waals surface area (Å²) in [5.74, 6) is 2.35. The summed E-state index contributed by atoms with van der Waals surface area (Å²) < 4.78 is 6.03. The number of ether oxygens (including phenoxy) is 1. The van der Waals surface area contributed by atoms with Crippen LogP contribution in [0.15, 0.2) is 4.99 Å². The predicted octanol–water partition coefficient (Wildman–Crippen LogP) is 3.09. The van der Waals surface area contributed by atoms with Crippen LogP contribution in [-0.2, 0) is 9.53 Å². The molecular weight excluding hydrogens is 517 g/mol. The third-order valence-corrected chi connectivity index (χ3v) is 7.19. The van der Waals surface area contributed by atoms with E-state index in [1.807, 2.05) is 0 Å². The highest BCUT2D eigenvalue weighted by Crippen LogP contribution is 2.31. The molecule has 0 aromatic rings. The first-order chi connectivity index (χ1) is 15.2. The molecule has 0 bridgehead atoms. The number of carbonyl (C=O) groups is 1. The molecule has 1 atom stereocenters. The minimum Gasteiger partial charge on any atom is -0.378 e. The van der Waals surface area contributed by atoms with Crippen LogP contribution in [0, 0.1) is 11.8 Å². The predicted molar refractivity (Wildman–Crippen MR) is 142 cm³/mol. The van der Waals surface area contributed by atoms with Gasteiger partial charge in [-0.15, -0.1) is 24.0 Å². The van der Waals surface area contributed by atoms with E-state index < -0.39 is 0 Å². The van der Waals surface area contributed by atoms with Crippen molar-refractivity contribution in [1.29, 1.82) is 0 Å². The van der Waals surface area contributed by atoms with Gasteiger partial charge in [0, 0.05) is 64.9 Å². The number of hydrogen-bond donors (Lipinski definition) is 2. The highest BCUT2D eigenvalue weighted by Gasteiger charge is 2.31. The van der Waals surface area contributed by atoms with Crippen LogP contribution < -0.4 is 10.6 Å². The fraction of sp³-hybridized carbons (Fsp3) is 0.917. The molecule has 1 saturated heterocycles. The lowest BCUT2D eigenvalue weighted by molar-refractivity contribution is -0.139. The molecule has 32 heavy (non-hydrogen) atoms. The van der Waals surface area contributed by atoms with E-state index in [0.29, 0.717) is 17.9 Å². The number of rotatable bonds is 11. The largest absolute Gasteiger partial charge is 0.378 e. The first-order valence-electron chi connectivity index (χ1n) is 12.9. The summed E-state index contributed by atoms with van der Waals surface area (Å²) in [7, 11) is 0. The molecule has 3 rings (SSSR count). The van der Waals surface area contributed by atoms with Crippen LogP contribution in [0.3, 0.4) is 0 Å². The number of guanidine groups is 1. The maximum Gasteiger partial charge on any atom is 0.225 e. The minimum absolute atomic E-state index is 0. The second-order valence-electron chi connectivity index (χ2n) is 9.31. The van der Waals surface area contributed by atoms with Gasteiger partial charge in [-0.05, 0) is 51.9 Å². The lowest BCUT2D eigenvalue weighted by Gasteiger charge is -2.38. The van der Waals surface area contributed by atoms with Crippen LogP contribution in [0.25, 0.3) is 0 Å². The quantitative estimate of drug-likeness (QED) is 0.230. The Morgan fingerprint density at radius 1 is 1.03 bits per heavy atom. The molecule has 7 nitrogen and oxygen atoms in total. The van der Waals surface area contributed by atoms with Crippen LogP contribution in [0.5, 0.6) is 0 Å². The van der Waals surface area contributed by atoms with Crippen molar-refractivity contribution in [1.82, 2.24) is 20.4 Å². The highest BCUT2D eigenvalue weighted by atomic mass is 127. The molecule has 0 aromatic heterocycles. The van der Waals surface area contributed by atoms with Crippen LogP contribution in [0.1, 0.15) is 65.2 Å². The number of halogens is 1. The monoisotopic (exact) mass is 563 g/mol. The Balaban J connectivity index is 0.00000363. The van der Waals surface area contributed by atoms with Crippen molar-refractivity contribution in [3.8, 4) is 0 Å². The topological polar surface area (TPSA) is 69.2 Å². The zero-order valence-electron chi connectivity index (χ0n) is 20.3. The number of amides is 1. The number of aliphatic imine (C=N–C) groups is 1. The van der Waals surface area contributed by atoms with E-state index in [1.54, 1.807) is 0 Å². The van der Waals surface area contributed by atoms with Gasteiger partial charge in [-0.1, -0.05) is 19.3 Å². The molecule has 186 valence electrons. The van der Waals surface area contributed by atoms with Gasteiger partial charge in [0.25, 0.3) is 0 Å². The Bertz CT molecular complexity index is 559. The van der Waals surface area contributed by atoms with E-state index in [4.69, 9.17) is 9.73 Å². The summed E-state index contributed by atoms with van der Waals surface area (Å²) in [5.41, 5.74) is 0. The van der Waals surface area contributed by atoms with E-state index >= 15 is 0 Å². The molecule has 1 unspecified atom stereocenters. The van der Waals surface area contributed by atoms with Crippen LogP contribution >= 0.6 is 24.0 Å². The van der Waals surface area contributed by atoms with Crippen molar-refractivity contribution < 1.29 is 9.53 Å². The van der Waals surface area contributed by atoms with Crippen molar-refractivity contribution in [2.75, 3.05) is 59.0 Å². The molecule has 1 heterocycles. The summed E-state index contributed by atoms with van der Waals surface area (Å²) >= 11 is 0. The highest BCUT2D eigenvalue weighted by molar-refractivity contribution is 14.0. The summed E-state index contributed by atoms with van der Waals surface area (Å²) in [6.07, 6.45) is 10.1. The van der Waals surface area contributed by atoms with Gasteiger partial charge in [0.15, 0.2) is 5.96 Å². The second kappa shape index (κ2) is 15.3. The van der Waals surface area contributed by atoms with Crippen molar-refractivity contribution in [3.63, 3.8) is 0 Å². The Morgan fingerprint density at radius 3 is 2.34 bits per heavy atom. The molecule has 8 heteroatoms. The third-order valence-electron chi connectivity index (χ3n) is 7.19. The SMILES string of the molecule is CCNC(=NCCC(OCC)C1CCCC1)NCCN1CCN(C(=O)C2CCC2)CC1.I. The minimum atomic E-state index is 0. The van der Waals surface area contributed by atoms with Crippen molar-refractivity contribution >= 4 is 35.8 Å². The molecule has 1 amide bonds. The molecule has 0 aromatic carbocycles. The summed E-state index contributed by atoms with van der Waals surface area (Å²) in [6.45, 7) is 12.2. The normalized spacial score (nSPS) is 21.7. The standard InChI is InChI=1S/C24H45N5O2.HI/c1-3-25-24(26-13-12-22(31-4-2)20-8-5-6-9-20)27-14-15-28-16-18-29(19-17-28)23(30)21-10-7-11-21;/h20-22H,3-19H2,1-2H3,(H2,25,26,27);1H. The van der Waals surface area contributed by atoms with E-state index in [0.717, 1.165) is 90.1 Å². The maximum atomic E-state index is 12.4. The third kappa shape index (κ3) is 8.63. The summed E-state index contributed by atoms with van der Waals surface area (Å²) in [5, 5.41) is 6.86. The second-order valence-corrected chi connectivity index (χ2v) is 9.31. The van der Waals surface area contributed by atoms with Crippen LogP contribution in [0.4, 0.5) is 0 Å². The lowest BCUT2D eigenvalue weighted by atomic mass is 9.84. The Kier molecular flexibility index (Phi) is 13.2. The van der Waals surface area contributed by atoms with Crippen LogP contribution in [-0.4, -0.2) is 86.7 Å². The molecular formula is C24H46IN5O2. The van der Waals surface area contributed by atoms with Crippen molar-refractivity contribution in [2.45, 2.75) is 71.3 Å². The molecule has 2 N–H and O–H groups in total. The maximum absolute atomic E-state index is 12.4. The average Bonchev–Trinajstić information content (AvgIpc) is 3.27. The molecule has 1 aliphatic heterocycles. The number of hydrogen-bond acceptors (Lipinski definition) is 4. The number of piperazine rings is 1. The smallest absolute Gasteiger partial charge is 0.225 e. The zero-order chi connectivity index (χ0) is 21.9. The van der Waals surface area contributed by atoms with Gasteiger partial charge in [-0.25, -0.2) is 0 Å². The first-order valence-corrected chi connectivity index (χ1v) is 12.9. The molecule has 0 radical (unpaired) electrons. The zero-order valence-corrected chi connectivity index (χ0v) is 22.6. The van der Waals surface area contributed by atoms with Gasteiger partial charge in [-0.2, -0.15) is 0 Å². The van der Waals surface area contributed by atoms with Gasteiger partial charge in [0.1, 0.15) is 0 Å². The van der Waals surface area contributed by atoms with Crippen molar-refractivity contribution in [2.24, 2.45) is 16.8 Å². The Hall–Kier alpha value is -0.610. The van der Waals surface area contributed by atoms with Gasteiger partial charge in [0.05, 0.1) is 6.10 Å². The van der Waals surface area contributed by atoms with Crippen LogP contribution in [0.2, 0.25) is 0 Å². The van der Waals surface area contributed by atoms with E-state index in [1.165, 1.54) is 32.1 Å². The number of carbonyl (C=O) groups excluding carboxylic acids is 1. The average molecular weight is 564 g/mol. The summed E-state index contributed by atoms with van der Waals surface area (Å²) in [6, 6.07) is 0. The van der Waals surface area contributed by atoms with Gasteiger partial charge in [-0.3, -0.25) is 14.7 Å². The van der Waals surface area contributed by atoms with E-state index in [-0.39, 0.29) is 24.0 Å². The molecule has 0 spiro atoms. The Labute approximate surface area is 212 Å². The molecule has 3 fully saturated rings. The van der Waals surface area contributed by atoms with Crippen molar-refractivity contribution in [3.05, 3.63) is 0 Å². The Morgan fingerprint density at radius 2 is 1.75 bits per heavy atom. The van der Waals surface area contributed by atoms with Gasteiger partial charge < -0.3 is 20.3 Å². The molecule has 3 aliphatic rings. The van der Waals surface area contributed by atoms with E-state index in [2.05, 4.69) is 34.3 Å². The molecule has 2 saturated carbocycles.